The van der Waals surface area contributed by atoms with Crippen LogP contribution in [-0.4, -0.2) is 26.7 Å². The number of nitrogen functional groups attached to an aromatic ring is 1. The largest absolute Gasteiger partial charge is 0.493 e. The van der Waals surface area contributed by atoms with Crippen LogP contribution in [0.3, 0.4) is 0 Å². The van der Waals surface area contributed by atoms with Crippen molar-refractivity contribution in [1.29, 1.82) is 0 Å². The second kappa shape index (κ2) is 7.92. The van der Waals surface area contributed by atoms with E-state index in [9.17, 15) is 4.79 Å². The lowest BCUT2D eigenvalue weighted by Crippen LogP contribution is -2.40. The van der Waals surface area contributed by atoms with Gasteiger partial charge in [-0.3, -0.25) is 4.79 Å². The van der Waals surface area contributed by atoms with E-state index in [1.165, 1.54) is 0 Å². The molecule has 0 saturated carbocycles. The second-order valence-corrected chi connectivity index (χ2v) is 6.44. The minimum atomic E-state index is -0.680. The molecule has 0 heterocycles. The molecular weight excluding hydrogens is 316 g/mol. The quantitative estimate of drug-likeness (QED) is 0.759. The zero-order valence-corrected chi connectivity index (χ0v) is 15.3. The van der Waals surface area contributed by atoms with Gasteiger partial charge in [-0.1, -0.05) is 18.2 Å². The van der Waals surface area contributed by atoms with Gasteiger partial charge in [-0.15, -0.1) is 0 Å². The predicted molar refractivity (Wildman–Crippen MR) is 100 cm³/mol. The maximum absolute atomic E-state index is 12.7. The first-order valence-corrected chi connectivity index (χ1v) is 8.23. The van der Waals surface area contributed by atoms with Gasteiger partial charge in [0, 0.05) is 12.2 Å². The first-order chi connectivity index (χ1) is 11.9. The van der Waals surface area contributed by atoms with E-state index >= 15 is 0 Å². The first-order valence-electron chi connectivity index (χ1n) is 8.23. The summed E-state index contributed by atoms with van der Waals surface area (Å²) < 4.78 is 10.6. The van der Waals surface area contributed by atoms with Crippen LogP contribution in [0.2, 0.25) is 0 Å². The van der Waals surface area contributed by atoms with Crippen LogP contribution >= 0.6 is 0 Å². The van der Waals surface area contributed by atoms with Gasteiger partial charge in [-0.05, 0) is 55.7 Å². The molecule has 2 aromatic carbocycles. The summed E-state index contributed by atoms with van der Waals surface area (Å²) in [7, 11) is 3.17. The lowest BCUT2D eigenvalue weighted by atomic mass is 9.83. The molecule has 3 N–H and O–H groups in total. The van der Waals surface area contributed by atoms with Crippen molar-refractivity contribution in [3.8, 4) is 11.5 Å². The van der Waals surface area contributed by atoms with Crippen LogP contribution in [0.4, 0.5) is 5.69 Å². The molecule has 25 heavy (non-hydrogen) atoms. The average molecular weight is 342 g/mol. The van der Waals surface area contributed by atoms with Gasteiger partial charge in [-0.25, -0.2) is 0 Å². The van der Waals surface area contributed by atoms with Crippen molar-refractivity contribution >= 4 is 11.6 Å². The smallest absolute Gasteiger partial charge is 0.230 e. The molecular formula is C20H26N2O3. The molecule has 0 saturated heterocycles. The van der Waals surface area contributed by atoms with Crippen LogP contribution in [0.5, 0.6) is 11.5 Å². The van der Waals surface area contributed by atoms with Gasteiger partial charge in [-0.2, -0.15) is 0 Å². The molecule has 2 aromatic rings. The Kier molecular flexibility index (Phi) is 5.91. The summed E-state index contributed by atoms with van der Waals surface area (Å²) in [6.07, 6.45) is 0.758. The molecule has 1 amide bonds. The summed E-state index contributed by atoms with van der Waals surface area (Å²) in [5, 5.41) is 3.01. The van der Waals surface area contributed by atoms with E-state index in [0.717, 1.165) is 23.2 Å². The van der Waals surface area contributed by atoms with Gasteiger partial charge in [0.05, 0.1) is 19.6 Å². The van der Waals surface area contributed by atoms with E-state index in [1.54, 1.807) is 14.2 Å². The van der Waals surface area contributed by atoms with Gasteiger partial charge >= 0.3 is 0 Å². The van der Waals surface area contributed by atoms with Crippen molar-refractivity contribution < 1.29 is 14.3 Å². The fourth-order valence-corrected chi connectivity index (χ4v) is 2.58. The monoisotopic (exact) mass is 342 g/mol. The number of carbonyl (C=O) groups is 1. The molecule has 0 aliphatic heterocycles. The average Bonchev–Trinajstić information content (AvgIpc) is 2.62. The molecule has 2 rings (SSSR count). The maximum Gasteiger partial charge on any atom is 0.230 e. The molecule has 5 nitrogen and oxygen atoms in total. The number of amides is 1. The lowest BCUT2D eigenvalue weighted by molar-refractivity contribution is -0.125. The van der Waals surface area contributed by atoms with Crippen LogP contribution in [0, 0.1) is 0 Å². The minimum Gasteiger partial charge on any atom is -0.493 e. The fourth-order valence-electron chi connectivity index (χ4n) is 2.58. The highest BCUT2D eigenvalue weighted by atomic mass is 16.5. The Hall–Kier alpha value is -2.69. The Morgan fingerprint density at radius 2 is 1.68 bits per heavy atom. The molecule has 0 spiro atoms. The number of anilines is 1. The normalized spacial score (nSPS) is 11.0. The van der Waals surface area contributed by atoms with Crippen molar-refractivity contribution in [2.45, 2.75) is 25.7 Å². The number of nitrogens with two attached hydrogens (primary N) is 1. The van der Waals surface area contributed by atoms with E-state index in [4.69, 9.17) is 15.2 Å². The highest BCUT2D eigenvalue weighted by Gasteiger charge is 2.30. The number of nitrogens with one attached hydrogen (secondary N) is 1. The third-order valence-electron chi connectivity index (χ3n) is 4.35. The Morgan fingerprint density at radius 3 is 2.28 bits per heavy atom. The fraction of sp³-hybridized carbons (Fsp3) is 0.350. The van der Waals surface area contributed by atoms with E-state index < -0.39 is 5.41 Å². The first kappa shape index (κ1) is 18.6. The number of carbonyl (C=O) groups excluding carboxylic acids is 1. The van der Waals surface area contributed by atoms with Crippen molar-refractivity contribution in [2.75, 3.05) is 26.5 Å². The topological polar surface area (TPSA) is 73.6 Å². The number of ether oxygens (including phenoxy) is 2. The number of benzene rings is 2. The lowest BCUT2D eigenvalue weighted by Gasteiger charge is -2.25. The molecule has 134 valence electrons. The maximum atomic E-state index is 12.7. The van der Waals surface area contributed by atoms with E-state index in [2.05, 4.69) is 5.32 Å². The third kappa shape index (κ3) is 4.44. The SMILES string of the molecule is COc1ccc(C(C)(C)C(=O)NCCc2ccc(N)cc2)cc1OC. The van der Waals surface area contributed by atoms with Gasteiger partial charge < -0.3 is 20.5 Å². The van der Waals surface area contributed by atoms with Crippen LogP contribution in [0.15, 0.2) is 42.5 Å². The molecule has 0 bridgehead atoms. The Morgan fingerprint density at radius 1 is 1.04 bits per heavy atom. The summed E-state index contributed by atoms with van der Waals surface area (Å²) >= 11 is 0. The molecule has 0 unspecified atom stereocenters. The van der Waals surface area contributed by atoms with Crippen molar-refractivity contribution in [3.05, 3.63) is 53.6 Å². The van der Waals surface area contributed by atoms with E-state index in [0.29, 0.717) is 18.0 Å². The number of hydrogen-bond donors (Lipinski definition) is 2. The number of rotatable bonds is 7. The molecule has 5 heteroatoms. The highest BCUT2D eigenvalue weighted by Crippen LogP contribution is 2.33. The summed E-state index contributed by atoms with van der Waals surface area (Å²) in [6, 6.07) is 13.2. The third-order valence-corrected chi connectivity index (χ3v) is 4.35. The summed E-state index contributed by atoms with van der Waals surface area (Å²) in [4.78, 5) is 12.7. The Labute approximate surface area is 149 Å². The standard InChI is InChI=1S/C20H26N2O3/c1-20(2,15-7-10-17(24-3)18(13-15)25-4)19(23)22-12-11-14-5-8-16(21)9-6-14/h5-10,13H,11-12,21H2,1-4H3,(H,22,23). The van der Waals surface area contributed by atoms with Crippen molar-refractivity contribution in [3.63, 3.8) is 0 Å². The summed E-state index contributed by atoms with van der Waals surface area (Å²) in [5.74, 6) is 1.23. The summed E-state index contributed by atoms with van der Waals surface area (Å²) in [5.41, 5.74) is 7.75. The predicted octanol–water partition coefficient (Wildman–Crippen LogP) is 2.92. The van der Waals surface area contributed by atoms with Crippen molar-refractivity contribution in [2.24, 2.45) is 0 Å². The van der Waals surface area contributed by atoms with Gasteiger partial charge in [0.1, 0.15) is 0 Å². The summed E-state index contributed by atoms with van der Waals surface area (Å²) in [6.45, 7) is 4.36. The van der Waals surface area contributed by atoms with Gasteiger partial charge in [0.15, 0.2) is 11.5 Å². The molecule has 0 radical (unpaired) electrons. The van der Waals surface area contributed by atoms with Gasteiger partial charge in [0.25, 0.3) is 0 Å². The number of methoxy groups -OCH3 is 2. The van der Waals surface area contributed by atoms with Crippen LogP contribution < -0.4 is 20.5 Å². The zero-order valence-electron chi connectivity index (χ0n) is 15.3. The number of hydrogen-bond acceptors (Lipinski definition) is 4. The Balaban J connectivity index is 2.02. The van der Waals surface area contributed by atoms with Crippen LogP contribution in [0.25, 0.3) is 0 Å². The van der Waals surface area contributed by atoms with E-state index in [-0.39, 0.29) is 5.91 Å². The molecule has 0 aliphatic rings. The highest BCUT2D eigenvalue weighted by molar-refractivity contribution is 5.87. The molecule has 0 aliphatic carbocycles. The van der Waals surface area contributed by atoms with E-state index in [1.807, 2.05) is 56.3 Å². The van der Waals surface area contributed by atoms with Crippen molar-refractivity contribution in [1.82, 2.24) is 5.32 Å². The minimum absolute atomic E-state index is 0.0323. The molecule has 0 atom stereocenters. The van der Waals surface area contributed by atoms with Gasteiger partial charge in [0.2, 0.25) is 5.91 Å². The Bertz CT molecular complexity index is 724. The van der Waals surface area contributed by atoms with Crippen LogP contribution in [-0.2, 0) is 16.6 Å². The molecule has 0 aromatic heterocycles. The second-order valence-electron chi connectivity index (χ2n) is 6.44. The zero-order chi connectivity index (χ0) is 18.4. The molecule has 0 fully saturated rings. The van der Waals surface area contributed by atoms with Crippen LogP contribution in [0.1, 0.15) is 25.0 Å².